The second kappa shape index (κ2) is 12.8. The first-order valence-corrected chi connectivity index (χ1v) is 10.1. The standard InChI is InChI=1S/C19H30N3O3P/c1-16(2)22(17(3)4)26(24-13-8-11-20)25-14-12-21-19(23)15-18-9-6-5-7-10-18/h5-7,9-10,16-17H,8,12-15H2,1-4H3,(H,21,23). The Hall–Kier alpha value is -1.51. The number of carbonyl (C=O) groups excluding carboxylic acids is 1. The average molecular weight is 379 g/mol. The van der Waals surface area contributed by atoms with Crippen LogP contribution in [0, 0.1) is 11.3 Å². The van der Waals surface area contributed by atoms with Gasteiger partial charge in [-0.15, -0.1) is 0 Å². The van der Waals surface area contributed by atoms with Crippen molar-refractivity contribution in [2.75, 3.05) is 19.8 Å². The SMILES string of the molecule is CC(C)N(C(C)C)P(OCCC#N)OCCNC(=O)Cc1ccccc1. The summed E-state index contributed by atoms with van der Waals surface area (Å²) in [5.74, 6) is -0.0286. The largest absolute Gasteiger partial charge is 0.353 e. The van der Waals surface area contributed by atoms with E-state index in [9.17, 15) is 4.79 Å². The number of hydrogen-bond acceptors (Lipinski definition) is 5. The minimum absolute atomic E-state index is 0.0286. The van der Waals surface area contributed by atoms with Crippen LogP contribution in [0.15, 0.2) is 30.3 Å². The van der Waals surface area contributed by atoms with E-state index in [1.54, 1.807) is 0 Å². The molecule has 0 spiro atoms. The van der Waals surface area contributed by atoms with Crippen LogP contribution in [-0.2, 0) is 20.3 Å². The third kappa shape index (κ3) is 8.73. The Balaban J connectivity index is 2.44. The van der Waals surface area contributed by atoms with E-state index in [2.05, 4.69) is 43.8 Å². The summed E-state index contributed by atoms with van der Waals surface area (Å²) < 4.78 is 13.9. The zero-order valence-electron chi connectivity index (χ0n) is 16.1. The molecule has 1 unspecified atom stereocenters. The van der Waals surface area contributed by atoms with Gasteiger partial charge >= 0.3 is 0 Å². The highest BCUT2D eigenvalue weighted by molar-refractivity contribution is 7.44. The zero-order chi connectivity index (χ0) is 19.4. The first kappa shape index (κ1) is 22.5. The smallest absolute Gasteiger partial charge is 0.259 e. The maximum atomic E-state index is 12.0. The molecule has 1 aromatic rings. The van der Waals surface area contributed by atoms with E-state index in [1.807, 2.05) is 30.3 Å². The van der Waals surface area contributed by atoms with Crippen LogP contribution in [0.2, 0.25) is 0 Å². The van der Waals surface area contributed by atoms with Crippen LogP contribution in [0.25, 0.3) is 0 Å². The number of hydrogen-bond donors (Lipinski definition) is 1. The Bertz CT molecular complexity index is 553. The van der Waals surface area contributed by atoms with Crippen molar-refractivity contribution in [1.82, 2.24) is 9.99 Å². The molecular weight excluding hydrogens is 349 g/mol. The number of amides is 1. The molecule has 1 N–H and O–H groups in total. The average Bonchev–Trinajstić information content (AvgIpc) is 2.58. The highest BCUT2D eigenvalue weighted by atomic mass is 31.2. The van der Waals surface area contributed by atoms with Gasteiger partial charge in [0.25, 0.3) is 8.53 Å². The van der Waals surface area contributed by atoms with Crippen LogP contribution >= 0.6 is 8.53 Å². The summed E-state index contributed by atoms with van der Waals surface area (Å²) >= 11 is 0. The Morgan fingerprint density at radius 3 is 2.35 bits per heavy atom. The second-order valence-electron chi connectivity index (χ2n) is 6.39. The van der Waals surface area contributed by atoms with Crippen molar-refractivity contribution >= 4 is 14.4 Å². The lowest BCUT2D eigenvalue weighted by Crippen LogP contribution is -2.34. The topological polar surface area (TPSA) is 74.6 Å². The van der Waals surface area contributed by atoms with E-state index >= 15 is 0 Å². The van der Waals surface area contributed by atoms with Crippen molar-refractivity contribution in [2.24, 2.45) is 0 Å². The first-order valence-electron chi connectivity index (χ1n) is 8.97. The molecular formula is C19H30N3O3P. The maximum Gasteiger partial charge on any atom is 0.259 e. The van der Waals surface area contributed by atoms with Gasteiger partial charge in [0, 0.05) is 18.6 Å². The third-order valence-corrected chi connectivity index (χ3v) is 5.60. The van der Waals surface area contributed by atoms with Gasteiger partial charge in [0.1, 0.15) is 0 Å². The van der Waals surface area contributed by atoms with E-state index in [-0.39, 0.29) is 18.0 Å². The fourth-order valence-corrected chi connectivity index (χ4v) is 4.06. The molecule has 0 bridgehead atoms. The monoisotopic (exact) mass is 379 g/mol. The highest BCUT2D eigenvalue weighted by Crippen LogP contribution is 2.45. The van der Waals surface area contributed by atoms with Crippen molar-refractivity contribution in [3.63, 3.8) is 0 Å². The predicted molar refractivity (Wildman–Crippen MR) is 104 cm³/mol. The van der Waals surface area contributed by atoms with E-state index < -0.39 is 8.53 Å². The number of benzene rings is 1. The Kier molecular flexibility index (Phi) is 11.1. The molecule has 144 valence electrons. The molecule has 0 heterocycles. The molecule has 0 saturated carbocycles. The lowest BCUT2D eigenvalue weighted by Gasteiger charge is -2.35. The fraction of sp³-hybridized carbons (Fsp3) is 0.579. The molecule has 1 aromatic carbocycles. The minimum Gasteiger partial charge on any atom is -0.353 e. The summed E-state index contributed by atoms with van der Waals surface area (Å²) in [5.41, 5.74) is 0.985. The molecule has 0 aliphatic carbocycles. The molecule has 0 aliphatic rings. The molecule has 26 heavy (non-hydrogen) atoms. The van der Waals surface area contributed by atoms with Gasteiger partial charge in [-0.3, -0.25) is 4.79 Å². The van der Waals surface area contributed by atoms with Crippen LogP contribution < -0.4 is 5.32 Å². The molecule has 1 rings (SSSR count). The Morgan fingerprint density at radius 2 is 1.77 bits per heavy atom. The highest BCUT2D eigenvalue weighted by Gasteiger charge is 2.26. The van der Waals surface area contributed by atoms with Crippen molar-refractivity contribution < 1.29 is 13.8 Å². The maximum absolute atomic E-state index is 12.0. The van der Waals surface area contributed by atoms with E-state index in [4.69, 9.17) is 14.3 Å². The molecule has 1 atom stereocenters. The van der Waals surface area contributed by atoms with Gasteiger partial charge in [-0.1, -0.05) is 30.3 Å². The van der Waals surface area contributed by atoms with Crippen molar-refractivity contribution in [3.05, 3.63) is 35.9 Å². The quantitative estimate of drug-likeness (QED) is 0.443. The summed E-state index contributed by atoms with van der Waals surface area (Å²) in [6.07, 6.45) is 0.693. The number of nitrogens with zero attached hydrogens (tertiary/aromatic N) is 2. The lowest BCUT2D eigenvalue weighted by molar-refractivity contribution is -0.120. The zero-order valence-corrected chi connectivity index (χ0v) is 17.0. The van der Waals surface area contributed by atoms with Gasteiger partial charge in [-0.05, 0) is 33.3 Å². The van der Waals surface area contributed by atoms with Crippen LogP contribution in [-0.4, -0.2) is 42.4 Å². The number of carbonyl (C=O) groups is 1. The molecule has 0 aliphatic heterocycles. The Labute approximate surface area is 158 Å². The number of nitrogens with one attached hydrogen (secondary N) is 1. The number of rotatable bonds is 12. The van der Waals surface area contributed by atoms with Crippen LogP contribution in [0.4, 0.5) is 0 Å². The van der Waals surface area contributed by atoms with Crippen LogP contribution in [0.1, 0.15) is 39.7 Å². The van der Waals surface area contributed by atoms with E-state index in [0.717, 1.165) is 5.56 Å². The van der Waals surface area contributed by atoms with Gasteiger partial charge in [0.2, 0.25) is 5.91 Å². The van der Waals surface area contributed by atoms with Crippen LogP contribution in [0.5, 0.6) is 0 Å². The summed E-state index contributed by atoms with van der Waals surface area (Å²) in [5, 5.41) is 11.6. The summed E-state index contributed by atoms with van der Waals surface area (Å²) in [6.45, 7) is 9.51. The van der Waals surface area contributed by atoms with Crippen molar-refractivity contribution in [2.45, 2.75) is 52.6 Å². The fourth-order valence-electron chi connectivity index (χ4n) is 2.47. The number of nitriles is 1. The summed E-state index contributed by atoms with van der Waals surface area (Å²) in [6, 6.07) is 12.2. The second-order valence-corrected chi connectivity index (χ2v) is 7.85. The van der Waals surface area contributed by atoms with E-state index in [1.165, 1.54) is 0 Å². The molecule has 0 fully saturated rings. The lowest BCUT2D eigenvalue weighted by atomic mass is 10.1. The predicted octanol–water partition coefficient (Wildman–Crippen LogP) is 3.64. The first-order chi connectivity index (χ1) is 12.5. The normalized spacial score (nSPS) is 12.4. The van der Waals surface area contributed by atoms with Gasteiger partial charge in [-0.25, -0.2) is 4.67 Å². The van der Waals surface area contributed by atoms with Crippen LogP contribution in [0.3, 0.4) is 0 Å². The third-order valence-electron chi connectivity index (χ3n) is 3.50. The van der Waals surface area contributed by atoms with E-state index in [0.29, 0.717) is 32.6 Å². The van der Waals surface area contributed by atoms with Gasteiger partial charge < -0.3 is 14.4 Å². The Morgan fingerprint density at radius 1 is 1.15 bits per heavy atom. The molecule has 1 amide bonds. The van der Waals surface area contributed by atoms with Gasteiger partial charge in [-0.2, -0.15) is 5.26 Å². The van der Waals surface area contributed by atoms with Crippen molar-refractivity contribution in [3.8, 4) is 6.07 Å². The summed E-state index contributed by atoms with van der Waals surface area (Å²) in [7, 11) is -1.26. The minimum atomic E-state index is -1.26. The molecule has 6 nitrogen and oxygen atoms in total. The van der Waals surface area contributed by atoms with Crippen molar-refractivity contribution in [1.29, 1.82) is 5.26 Å². The molecule has 7 heteroatoms. The van der Waals surface area contributed by atoms with Gasteiger partial charge in [0.15, 0.2) is 0 Å². The molecule has 0 saturated heterocycles. The summed E-state index contributed by atoms with van der Waals surface area (Å²) in [4.78, 5) is 12.0. The van der Waals surface area contributed by atoms with Gasteiger partial charge in [0.05, 0.1) is 32.1 Å². The molecule has 0 radical (unpaired) electrons. The molecule has 0 aromatic heterocycles.